The molecule has 4 unspecified atom stereocenters. The van der Waals surface area contributed by atoms with E-state index < -0.39 is 24.0 Å². The van der Waals surface area contributed by atoms with Gasteiger partial charge in [0.2, 0.25) is 11.8 Å². The van der Waals surface area contributed by atoms with Crippen LogP contribution in [0.5, 0.6) is 0 Å². The molecule has 7 N–H and O–H groups in total. The van der Waals surface area contributed by atoms with E-state index in [1.807, 2.05) is 0 Å². The summed E-state index contributed by atoms with van der Waals surface area (Å²) < 4.78 is 0. The number of nitrogens with one attached hydrogen (secondary N) is 1. The average Bonchev–Trinajstić information content (AvgIpc) is 3.36. The number of aliphatic hydroxyl groups excluding tert-OH is 2. The molecule has 8 atom stereocenters. The Labute approximate surface area is 317 Å². The molecule has 0 aromatic heterocycles. The van der Waals surface area contributed by atoms with Gasteiger partial charge in [-0.1, -0.05) is 79.1 Å². The monoisotopic (exact) mass is 739 g/mol. The first-order chi connectivity index (χ1) is 24.9. The molecular weight excluding hydrogens is 668 g/mol. The zero-order valence-electron chi connectivity index (χ0n) is 33.4. The van der Waals surface area contributed by atoms with Crippen molar-refractivity contribution in [1.82, 2.24) is 10.2 Å². The largest absolute Gasteiger partial charge is 0.383 e. The highest BCUT2D eigenvalue weighted by Crippen LogP contribution is 2.88. The zero-order chi connectivity index (χ0) is 38.4. The fourth-order valence-electron chi connectivity index (χ4n) is 14.1. The van der Waals surface area contributed by atoms with Gasteiger partial charge in [0.1, 0.15) is 23.8 Å². The van der Waals surface area contributed by atoms with Crippen molar-refractivity contribution >= 4 is 23.4 Å². The van der Waals surface area contributed by atoms with Crippen LogP contribution in [0.4, 0.5) is 0 Å². The number of hydrogen-bond donors (Lipinski definition) is 5. The number of carbonyl (C=O) groups excluding carboxylic acids is 4. The van der Waals surface area contributed by atoms with Gasteiger partial charge in [-0.05, 0) is 103 Å². The molecule has 298 valence electrons. The molecule has 2 heterocycles. The normalized spacial score (nSPS) is 36.3. The number of rotatable bonds is 14. The minimum Gasteiger partial charge on any atom is -0.383 e. The van der Waals surface area contributed by atoms with Crippen LogP contribution in [0.2, 0.25) is 0 Å². The average molecular weight is 739 g/mol. The summed E-state index contributed by atoms with van der Waals surface area (Å²) in [5.74, 6) is -0.631. The van der Waals surface area contributed by atoms with Gasteiger partial charge in [0.25, 0.3) is 0 Å². The molecule has 10 heteroatoms. The molecule has 6 aliphatic carbocycles. The molecule has 4 spiro atoms. The van der Waals surface area contributed by atoms with Crippen LogP contribution in [-0.2, 0) is 19.2 Å². The number of nitrogens with zero attached hydrogens (tertiary/aromatic N) is 1. The second-order valence-electron chi connectivity index (χ2n) is 20.7. The highest BCUT2D eigenvalue weighted by molar-refractivity contribution is 5.87. The number of nitrogens with two attached hydrogens (primary N) is 2. The van der Waals surface area contributed by atoms with Crippen molar-refractivity contribution in [2.24, 2.45) is 67.6 Å². The van der Waals surface area contributed by atoms with E-state index in [1.54, 1.807) is 0 Å². The van der Waals surface area contributed by atoms with Crippen molar-refractivity contribution < 1.29 is 29.4 Å². The summed E-state index contributed by atoms with van der Waals surface area (Å²) in [5, 5.41) is 24.0. The van der Waals surface area contributed by atoms with Crippen molar-refractivity contribution in [3.63, 3.8) is 0 Å². The van der Waals surface area contributed by atoms with Gasteiger partial charge in [-0.25, -0.2) is 0 Å². The second kappa shape index (κ2) is 13.7. The number of ketones is 2. The van der Waals surface area contributed by atoms with Crippen LogP contribution in [0, 0.1) is 56.2 Å². The molecule has 0 aromatic rings. The van der Waals surface area contributed by atoms with Gasteiger partial charge >= 0.3 is 0 Å². The first kappa shape index (κ1) is 39.4. The number of primary amides is 2. The van der Waals surface area contributed by atoms with Crippen LogP contribution in [0.15, 0.2) is 0 Å². The Bertz CT molecular complexity index is 1460. The lowest BCUT2D eigenvalue weighted by molar-refractivity contribution is -0.133. The molecule has 0 aromatic carbocycles. The summed E-state index contributed by atoms with van der Waals surface area (Å²) >= 11 is 0. The molecule has 8 rings (SSSR count). The lowest BCUT2D eigenvalue weighted by atomic mass is 9.73. The van der Waals surface area contributed by atoms with Crippen molar-refractivity contribution in [1.29, 1.82) is 0 Å². The van der Waals surface area contributed by atoms with Crippen LogP contribution in [-0.4, -0.2) is 82.9 Å². The zero-order valence-corrected chi connectivity index (χ0v) is 33.4. The van der Waals surface area contributed by atoms with Crippen LogP contribution in [0.25, 0.3) is 0 Å². The smallest absolute Gasteiger partial charge is 0.246 e. The third-order valence-electron chi connectivity index (χ3n) is 18.6. The number of Topliss-reactive ketones (excluding diaryl/α,β-unsaturated/α-hetero) is 2. The van der Waals surface area contributed by atoms with E-state index >= 15 is 0 Å². The fourth-order valence-corrected chi connectivity index (χ4v) is 14.1. The summed E-state index contributed by atoms with van der Waals surface area (Å²) in [6.45, 7) is 11.5. The lowest BCUT2D eigenvalue weighted by Crippen LogP contribution is -2.41. The van der Waals surface area contributed by atoms with Gasteiger partial charge in [-0.15, -0.1) is 0 Å². The van der Waals surface area contributed by atoms with Crippen molar-refractivity contribution in [3.05, 3.63) is 0 Å². The minimum atomic E-state index is -1.20. The lowest BCUT2D eigenvalue weighted by Gasteiger charge is -2.32. The number of amides is 2. The highest BCUT2D eigenvalue weighted by Gasteiger charge is 2.85. The number of fused-ring (bicyclic) bond motifs is 2. The first-order valence-corrected chi connectivity index (χ1v) is 21.3. The summed E-state index contributed by atoms with van der Waals surface area (Å²) in [7, 11) is 2.07. The summed E-state index contributed by atoms with van der Waals surface area (Å²) in [4.78, 5) is 51.5. The van der Waals surface area contributed by atoms with Gasteiger partial charge in [-0.3, -0.25) is 24.1 Å². The molecule has 0 radical (unpaired) electrons. The predicted molar refractivity (Wildman–Crippen MR) is 203 cm³/mol. The topological polar surface area (TPSA) is 176 Å². The van der Waals surface area contributed by atoms with E-state index in [0.717, 1.165) is 64.5 Å². The highest BCUT2D eigenvalue weighted by atomic mass is 16.3. The van der Waals surface area contributed by atoms with E-state index in [2.05, 4.69) is 45.0 Å². The van der Waals surface area contributed by atoms with E-state index in [4.69, 9.17) is 11.5 Å². The van der Waals surface area contributed by atoms with Crippen molar-refractivity contribution in [2.45, 2.75) is 168 Å². The predicted octanol–water partition coefficient (Wildman–Crippen LogP) is 4.66. The molecule has 2 saturated heterocycles. The molecule has 2 amide bonds. The van der Waals surface area contributed by atoms with Gasteiger partial charge < -0.3 is 27.0 Å². The van der Waals surface area contributed by atoms with Crippen LogP contribution in [0.3, 0.4) is 0 Å². The Hall–Kier alpha value is -1.88. The van der Waals surface area contributed by atoms with Crippen molar-refractivity contribution in [3.8, 4) is 0 Å². The molecule has 0 bridgehead atoms. The summed E-state index contributed by atoms with van der Waals surface area (Å²) in [6, 6.07) is -0.202. The van der Waals surface area contributed by atoms with Gasteiger partial charge in [0, 0.05) is 37.8 Å². The standard InChI is InChI=1S/C22H36N2O3.C21H34N2O3/c1-20(2)21(8-5-9-21)22(20)12-16(24(3)13-22)17(25)11-15(18(26)19(23)27)10-14-6-4-7-14;1-19(2)20(7-4-8-20)21(19)11-15(23-12-21)16(24)10-14(17(25)18(22)26)9-13-5-3-6-13/h14-16,18,26H,4-13H2,1-3H3,(H2,23,27);13-15,17,23,25H,3-12H2,1-2H3,(H2,22,26)/t15?,16-,18?,22+;14?,15-,17?,21+/m00/s1. The Balaban J connectivity index is 0.000000164. The number of hydrogen-bond acceptors (Lipinski definition) is 8. The second-order valence-corrected chi connectivity index (χ2v) is 20.7. The Kier molecular flexibility index (Phi) is 10.1. The Morgan fingerprint density at radius 3 is 1.51 bits per heavy atom. The molecule has 8 aliphatic rings. The molecule has 8 fully saturated rings. The molecule has 6 saturated carbocycles. The van der Waals surface area contributed by atoms with Crippen molar-refractivity contribution in [2.75, 3.05) is 20.1 Å². The number of aliphatic hydroxyl groups is 2. The summed E-state index contributed by atoms with van der Waals surface area (Å²) in [5.41, 5.74) is 12.8. The van der Waals surface area contributed by atoms with E-state index in [-0.39, 0.29) is 59.2 Å². The number of carbonyl (C=O) groups is 4. The van der Waals surface area contributed by atoms with E-state index in [1.165, 1.54) is 51.4 Å². The fraction of sp³-hybridized carbons (Fsp3) is 0.907. The van der Waals surface area contributed by atoms with E-state index in [9.17, 15) is 29.4 Å². The third kappa shape index (κ3) is 5.83. The third-order valence-corrected chi connectivity index (χ3v) is 18.6. The Morgan fingerprint density at radius 2 is 1.13 bits per heavy atom. The van der Waals surface area contributed by atoms with Gasteiger partial charge in [0.05, 0.1) is 12.1 Å². The maximum Gasteiger partial charge on any atom is 0.246 e. The molecule has 2 aliphatic heterocycles. The maximum atomic E-state index is 13.2. The SMILES string of the molecule is CC1(C)C2(CCC2)[C@]12CN[C@H](C(=O)CC(CC1CCC1)C(O)C(N)=O)C2.CN1C[C@]2(C[C@H]1C(=O)CC(CC1CCC1)C(O)C(N)=O)C(C)(C)C21CCC1. The molecule has 53 heavy (non-hydrogen) atoms. The molecule has 10 nitrogen and oxygen atoms in total. The Morgan fingerprint density at radius 1 is 0.679 bits per heavy atom. The van der Waals surface area contributed by atoms with E-state index in [0.29, 0.717) is 33.5 Å². The summed E-state index contributed by atoms with van der Waals surface area (Å²) in [6.07, 6.45) is 16.3. The maximum absolute atomic E-state index is 13.2. The van der Waals surface area contributed by atoms with Crippen LogP contribution in [0.1, 0.15) is 143 Å². The van der Waals surface area contributed by atoms with Crippen LogP contribution >= 0.6 is 0 Å². The minimum absolute atomic E-state index is 0.0757. The first-order valence-electron chi connectivity index (χ1n) is 21.3. The van der Waals surface area contributed by atoms with Gasteiger partial charge in [0.15, 0.2) is 0 Å². The van der Waals surface area contributed by atoms with Gasteiger partial charge in [-0.2, -0.15) is 0 Å². The van der Waals surface area contributed by atoms with Crippen LogP contribution < -0.4 is 16.8 Å². The number of likely N-dealkylation sites (tertiary alicyclic amines) is 1. The quantitative estimate of drug-likeness (QED) is 0.171. The number of likely N-dealkylation sites (N-methyl/N-ethyl adjacent to an activating group) is 1. The molecular formula is C43H70N4O6.